The lowest BCUT2D eigenvalue weighted by Crippen LogP contribution is -2.40. The largest absolute Gasteiger partial charge is 0.466 e. The van der Waals surface area contributed by atoms with Gasteiger partial charge in [-0.3, -0.25) is 9.59 Å². The maximum Gasteiger partial charge on any atom is 0.396 e. The summed E-state index contributed by atoms with van der Waals surface area (Å²) >= 11 is 5.80. The lowest BCUT2D eigenvalue weighted by atomic mass is 9.78. The van der Waals surface area contributed by atoms with Crippen molar-refractivity contribution in [1.29, 1.82) is 0 Å². The average molecular weight is 530 g/mol. The molecular formula is C23H23ClF7NO3. The quantitative estimate of drug-likeness (QED) is 0.295. The Morgan fingerprint density at radius 1 is 1.17 bits per heavy atom. The lowest BCUT2D eigenvalue weighted by molar-refractivity contribution is -0.188. The standard InChI is InChI=1S/C23H23ClF7NO3/c1-3-35-19(33)11-16(23(29,30)31)14-6-9-17(25)18(10-14)32-21(34)20(12(2)22(26,27)28)13-4-7-15(24)8-5-13/h4,6-10,12-13,16,20H,3,5,11H2,1-2H3,(H,32,34)/t12-,13?,16?,20+/m1/s1. The number of allylic oxidation sites excluding steroid dienone is 4. The van der Waals surface area contributed by atoms with Crippen molar-refractivity contribution in [2.45, 2.75) is 45.0 Å². The van der Waals surface area contributed by atoms with Gasteiger partial charge in [0.05, 0.1) is 36.5 Å². The number of alkyl halides is 6. The highest BCUT2D eigenvalue weighted by Gasteiger charge is 2.47. The second-order valence-corrected chi connectivity index (χ2v) is 8.47. The molecule has 2 rings (SSSR count). The first-order valence-corrected chi connectivity index (χ1v) is 11.0. The number of rotatable bonds is 8. The number of anilines is 1. The molecule has 2 unspecified atom stereocenters. The summed E-state index contributed by atoms with van der Waals surface area (Å²) in [6.07, 6.45) is -6.68. The number of esters is 1. The van der Waals surface area contributed by atoms with Gasteiger partial charge in [0.1, 0.15) is 5.82 Å². The predicted octanol–water partition coefficient (Wildman–Crippen LogP) is 6.88. The zero-order chi connectivity index (χ0) is 26.6. The molecule has 0 saturated carbocycles. The van der Waals surface area contributed by atoms with E-state index in [1.54, 1.807) is 0 Å². The van der Waals surface area contributed by atoms with Crippen molar-refractivity contribution >= 4 is 29.2 Å². The summed E-state index contributed by atoms with van der Waals surface area (Å²) in [7, 11) is 0. The molecule has 0 bridgehead atoms. The fourth-order valence-electron chi connectivity index (χ4n) is 3.75. The van der Waals surface area contributed by atoms with Gasteiger partial charge in [-0.05, 0) is 43.0 Å². The van der Waals surface area contributed by atoms with Crippen LogP contribution in [0.15, 0.2) is 41.5 Å². The summed E-state index contributed by atoms with van der Waals surface area (Å²) in [5.74, 6) is -10.7. The highest BCUT2D eigenvalue weighted by Crippen LogP contribution is 2.41. The van der Waals surface area contributed by atoms with Crippen LogP contribution in [0.25, 0.3) is 0 Å². The zero-order valence-electron chi connectivity index (χ0n) is 18.6. The monoisotopic (exact) mass is 529 g/mol. The van der Waals surface area contributed by atoms with Crippen molar-refractivity contribution in [2.24, 2.45) is 17.8 Å². The van der Waals surface area contributed by atoms with Crippen LogP contribution >= 0.6 is 11.6 Å². The third kappa shape index (κ3) is 7.71. The fourth-order valence-corrected chi connectivity index (χ4v) is 3.92. The minimum Gasteiger partial charge on any atom is -0.466 e. The van der Waals surface area contributed by atoms with Crippen LogP contribution in [0, 0.1) is 23.6 Å². The number of benzene rings is 1. The third-order valence-electron chi connectivity index (χ3n) is 5.63. The Labute approximate surface area is 202 Å². The van der Waals surface area contributed by atoms with Gasteiger partial charge in [-0.1, -0.05) is 36.7 Å². The van der Waals surface area contributed by atoms with Crippen LogP contribution in [-0.2, 0) is 14.3 Å². The van der Waals surface area contributed by atoms with Gasteiger partial charge in [0.2, 0.25) is 5.91 Å². The van der Waals surface area contributed by atoms with E-state index < -0.39 is 71.4 Å². The molecule has 0 aromatic heterocycles. The van der Waals surface area contributed by atoms with Crippen molar-refractivity contribution in [1.82, 2.24) is 0 Å². The Morgan fingerprint density at radius 3 is 2.34 bits per heavy atom. The van der Waals surface area contributed by atoms with E-state index in [4.69, 9.17) is 11.6 Å². The van der Waals surface area contributed by atoms with Crippen LogP contribution in [0.2, 0.25) is 0 Å². The van der Waals surface area contributed by atoms with E-state index in [-0.39, 0.29) is 18.1 Å². The van der Waals surface area contributed by atoms with Crippen LogP contribution in [-0.4, -0.2) is 30.8 Å². The first kappa shape index (κ1) is 28.7. The van der Waals surface area contributed by atoms with Gasteiger partial charge in [-0.2, -0.15) is 26.3 Å². The van der Waals surface area contributed by atoms with Crippen LogP contribution in [0.3, 0.4) is 0 Å². The maximum atomic E-state index is 14.4. The first-order valence-electron chi connectivity index (χ1n) is 10.6. The third-order valence-corrected chi connectivity index (χ3v) is 5.91. The number of ether oxygens (including phenoxy) is 1. The summed E-state index contributed by atoms with van der Waals surface area (Å²) in [6, 6.07) is 2.09. The van der Waals surface area contributed by atoms with E-state index in [9.17, 15) is 40.3 Å². The molecule has 0 spiro atoms. The van der Waals surface area contributed by atoms with Gasteiger partial charge in [0, 0.05) is 5.03 Å². The number of hydrogen-bond donors (Lipinski definition) is 1. The summed E-state index contributed by atoms with van der Waals surface area (Å²) in [6.45, 7) is 2.06. The van der Waals surface area contributed by atoms with E-state index in [1.165, 1.54) is 25.2 Å². The molecular weight excluding hydrogens is 507 g/mol. The van der Waals surface area contributed by atoms with Crippen molar-refractivity contribution < 1.29 is 45.1 Å². The number of nitrogens with one attached hydrogen (secondary N) is 1. The molecule has 1 N–H and O–H groups in total. The van der Waals surface area contributed by atoms with E-state index in [1.807, 2.05) is 5.32 Å². The average Bonchev–Trinajstić information content (AvgIpc) is 2.74. The van der Waals surface area contributed by atoms with Crippen LogP contribution in [0.1, 0.15) is 38.2 Å². The fraction of sp³-hybridized carbons (Fsp3) is 0.478. The predicted molar refractivity (Wildman–Crippen MR) is 115 cm³/mol. The van der Waals surface area contributed by atoms with Gasteiger partial charge in [0.25, 0.3) is 0 Å². The molecule has 0 heterocycles. The minimum absolute atomic E-state index is 0.00600. The molecule has 35 heavy (non-hydrogen) atoms. The molecule has 12 heteroatoms. The number of carbonyl (C=O) groups excluding carboxylic acids is 2. The summed E-state index contributed by atoms with van der Waals surface area (Å²) < 4.78 is 100. The molecule has 1 aliphatic carbocycles. The van der Waals surface area contributed by atoms with Gasteiger partial charge in [-0.15, -0.1) is 0 Å². The molecule has 1 amide bonds. The second-order valence-electron chi connectivity index (χ2n) is 8.04. The van der Waals surface area contributed by atoms with Crippen LogP contribution < -0.4 is 5.32 Å². The van der Waals surface area contributed by atoms with Gasteiger partial charge in [0.15, 0.2) is 0 Å². The van der Waals surface area contributed by atoms with Crippen LogP contribution in [0.4, 0.5) is 36.4 Å². The van der Waals surface area contributed by atoms with Gasteiger partial charge in [-0.25, -0.2) is 4.39 Å². The van der Waals surface area contributed by atoms with E-state index in [2.05, 4.69) is 4.74 Å². The number of halogens is 8. The van der Waals surface area contributed by atoms with Gasteiger partial charge < -0.3 is 10.1 Å². The highest BCUT2D eigenvalue weighted by atomic mass is 35.5. The topological polar surface area (TPSA) is 55.4 Å². The van der Waals surface area contributed by atoms with Crippen molar-refractivity contribution in [3.8, 4) is 0 Å². The molecule has 0 saturated heterocycles. The van der Waals surface area contributed by atoms with Gasteiger partial charge >= 0.3 is 18.3 Å². The Kier molecular flexibility index (Phi) is 9.38. The Bertz CT molecular complexity index is 988. The molecule has 1 aliphatic rings. The molecule has 194 valence electrons. The highest BCUT2D eigenvalue weighted by molar-refractivity contribution is 6.31. The molecule has 0 aliphatic heterocycles. The van der Waals surface area contributed by atoms with E-state index >= 15 is 0 Å². The Morgan fingerprint density at radius 2 is 1.83 bits per heavy atom. The van der Waals surface area contributed by atoms with Crippen molar-refractivity contribution in [2.75, 3.05) is 11.9 Å². The Balaban J connectivity index is 2.39. The summed E-state index contributed by atoms with van der Waals surface area (Å²) in [5.41, 5.74) is -1.30. The van der Waals surface area contributed by atoms with Crippen molar-refractivity contribution in [3.63, 3.8) is 0 Å². The molecule has 4 nitrogen and oxygen atoms in total. The van der Waals surface area contributed by atoms with E-state index in [0.717, 1.165) is 13.0 Å². The minimum atomic E-state index is -4.92. The lowest BCUT2D eigenvalue weighted by Gasteiger charge is -2.31. The summed E-state index contributed by atoms with van der Waals surface area (Å²) in [5, 5.41) is 2.29. The summed E-state index contributed by atoms with van der Waals surface area (Å²) in [4.78, 5) is 24.6. The van der Waals surface area contributed by atoms with Crippen molar-refractivity contribution in [3.05, 3.63) is 52.8 Å². The molecule has 0 radical (unpaired) electrons. The normalized spacial score (nSPS) is 18.9. The smallest absolute Gasteiger partial charge is 0.396 e. The second kappa shape index (κ2) is 11.5. The van der Waals surface area contributed by atoms with E-state index in [0.29, 0.717) is 12.1 Å². The number of amides is 1. The Hall–Kier alpha value is -2.56. The SMILES string of the molecule is CCOC(=O)CC(c1ccc(F)c(NC(=O)[C@H](C2C=CC(Cl)=CC2)[C@@H](C)C(F)(F)F)c1)C(F)(F)F. The number of hydrogen-bond acceptors (Lipinski definition) is 3. The molecule has 0 fully saturated rings. The molecule has 4 atom stereocenters. The molecule has 1 aromatic rings. The number of carbonyl (C=O) groups is 2. The molecule has 1 aromatic carbocycles. The zero-order valence-corrected chi connectivity index (χ0v) is 19.4. The van der Waals surface area contributed by atoms with Crippen LogP contribution in [0.5, 0.6) is 0 Å². The first-order chi connectivity index (χ1) is 16.1. The maximum absolute atomic E-state index is 14.4.